The van der Waals surface area contributed by atoms with Gasteiger partial charge in [-0.3, -0.25) is 14.5 Å². The van der Waals surface area contributed by atoms with Gasteiger partial charge in [0.05, 0.1) is 24.3 Å². The van der Waals surface area contributed by atoms with Crippen molar-refractivity contribution in [3.8, 4) is 11.5 Å². The number of nitrogens with zero attached hydrogens (tertiary/aromatic N) is 3. The molecule has 212 valence electrons. The SMILES string of the molecule is COC(=O)c1ccc(C2/C(=C(/O)c3ccc4c(c3)OCCO4)C(=O)C(=O)N2c2nnc(SCc3ccccc3)s2)cc1. The number of hydrogen-bond donors (Lipinski definition) is 1. The molecule has 2 aliphatic rings. The first-order chi connectivity index (χ1) is 20.4. The van der Waals surface area contributed by atoms with Crippen LogP contribution in [0.5, 0.6) is 11.5 Å². The standard InChI is InChI=1S/C30H23N3O7S2/c1-38-28(37)19-9-7-18(8-10-19)24-23(25(34)20-11-12-21-22(15-20)40-14-13-39-21)26(35)27(36)33(24)29-31-32-30(42-29)41-16-17-5-3-2-4-6-17/h2-12,15,24,34H,13-14,16H2,1H3/b25-23-. The van der Waals surface area contributed by atoms with Crippen molar-refractivity contribution < 1.29 is 33.7 Å². The number of hydrogen-bond acceptors (Lipinski definition) is 11. The molecule has 6 rings (SSSR count). The van der Waals surface area contributed by atoms with Gasteiger partial charge in [0, 0.05) is 11.3 Å². The number of aliphatic hydroxyl groups excluding tert-OH is 1. The van der Waals surface area contributed by atoms with Crippen molar-refractivity contribution in [3.63, 3.8) is 0 Å². The predicted octanol–water partition coefficient (Wildman–Crippen LogP) is 5.01. The van der Waals surface area contributed by atoms with Gasteiger partial charge < -0.3 is 19.3 Å². The minimum atomic E-state index is -1.04. The summed E-state index contributed by atoms with van der Waals surface area (Å²) < 4.78 is 16.6. The molecule has 0 aliphatic carbocycles. The van der Waals surface area contributed by atoms with Crippen LogP contribution in [-0.4, -0.2) is 53.3 Å². The quantitative estimate of drug-likeness (QED) is 0.0771. The zero-order chi connectivity index (χ0) is 29.2. The second kappa shape index (κ2) is 11.7. The fourth-order valence-corrected chi connectivity index (χ4v) is 6.51. The first kappa shape index (κ1) is 27.5. The Hall–Kier alpha value is -4.68. The minimum Gasteiger partial charge on any atom is -0.507 e. The third-order valence-electron chi connectivity index (χ3n) is 6.71. The van der Waals surface area contributed by atoms with E-state index in [0.29, 0.717) is 45.9 Å². The molecule has 1 fully saturated rings. The van der Waals surface area contributed by atoms with Gasteiger partial charge >= 0.3 is 11.9 Å². The van der Waals surface area contributed by atoms with Gasteiger partial charge in [0.25, 0.3) is 5.78 Å². The molecule has 0 saturated carbocycles. The number of rotatable bonds is 7. The molecule has 10 nitrogen and oxygen atoms in total. The Balaban J connectivity index is 1.41. The normalized spacial score (nSPS) is 17.4. The average molecular weight is 602 g/mol. The van der Waals surface area contributed by atoms with Gasteiger partial charge in [-0.15, -0.1) is 10.2 Å². The molecule has 3 aromatic carbocycles. The minimum absolute atomic E-state index is 0.129. The van der Waals surface area contributed by atoms with Gasteiger partial charge in [-0.25, -0.2) is 4.79 Å². The lowest BCUT2D eigenvalue weighted by Gasteiger charge is -2.23. The van der Waals surface area contributed by atoms with Crippen LogP contribution in [0.25, 0.3) is 5.76 Å². The maximum atomic E-state index is 13.5. The van der Waals surface area contributed by atoms with Gasteiger partial charge in [-0.1, -0.05) is 65.6 Å². The number of methoxy groups -OCH3 is 1. The highest BCUT2D eigenvalue weighted by Gasteiger charge is 2.48. The number of ether oxygens (including phenoxy) is 3. The van der Waals surface area contributed by atoms with Crippen LogP contribution in [0.3, 0.4) is 0 Å². The molecule has 0 spiro atoms. The van der Waals surface area contributed by atoms with E-state index in [2.05, 4.69) is 10.2 Å². The predicted molar refractivity (Wildman–Crippen MR) is 156 cm³/mol. The number of thioether (sulfide) groups is 1. The number of anilines is 1. The number of benzene rings is 3. The Labute approximate surface area is 248 Å². The van der Waals surface area contributed by atoms with Gasteiger partial charge in [0.1, 0.15) is 19.0 Å². The van der Waals surface area contributed by atoms with Crippen LogP contribution in [-0.2, 0) is 20.1 Å². The van der Waals surface area contributed by atoms with Crippen LogP contribution < -0.4 is 14.4 Å². The summed E-state index contributed by atoms with van der Waals surface area (Å²) in [5.74, 6) is -1.05. The van der Waals surface area contributed by atoms with E-state index in [0.717, 1.165) is 5.56 Å². The second-order valence-corrected chi connectivity index (χ2v) is 11.4. The van der Waals surface area contributed by atoms with Gasteiger partial charge in [-0.05, 0) is 41.5 Å². The summed E-state index contributed by atoms with van der Waals surface area (Å²) >= 11 is 2.63. The number of aliphatic hydroxyl groups is 1. The molecule has 3 heterocycles. The van der Waals surface area contributed by atoms with Crippen molar-refractivity contribution in [2.75, 3.05) is 25.2 Å². The van der Waals surface area contributed by atoms with Crippen LogP contribution in [0, 0.1) is 0 Å². The highest BCUT2D eigenvalue weighted by Crippen LogP contribution is 2.45. The lowest BCUT2D eigenvalue weighted by molar-refractivity contribution is -0.132. The molecule has 1 amide bonds. The first-order valence-electron chi connectivity index (χ1n) is 12.8. The zero-order valence-corrected chi connectivity index (χ0v) is 23.8. The van der Waals surface area contributed by atoms with E-state index in [1.54, 1.807) is 30.3 Å². The fourth-order valence-electron chi connectivity index (χ4n) is 4.69. The molecule has 2 aliphatic heterocycles. The van der Waals surface area contributed by atoms with E-state index >= 15 is 0 Å². The molecule has 1 saturated heterocycles. The summed E-state index contributed by atoms with van der Waals surface area (Å²) in [6.45, 7) is 0.744. The van der Waals surface area contributed by atoms with E-state index in [1.807, 2.05) is 30.3 Å². The zero-order valence-electron chi connectivity index (χ0n) is 22.2. The van der Waals surface area contributed by atoms with Crippen LogP contribution in [0.1, 0.15) is 33.1 Å². The summed E-state index contributed by atoms with van der Waals surface area (Å²) in [6.07, 6.45) is 0. The van der Waals surface area contributed by atoms with E-state index in [4.69, 9.17) is 14.2 Å². The topological polar surface area (TPSA) is 128 Å². The molecule has 1 aromatic heterocycles. The van der Waals surface area contributed by atoms with Crippen molar-refractivity contribution in [2.24, 2.45) is 0 Å². The monoisotopic (exact) mass is 601 g/mol. The largest absolute Gasteiger partial charge is 0.507 e. The van der Waals surface area contributed by atoms with E-state index in [9.17, 15) is 19.5 Å². The highest BCUT2D eigenvalue weighted by atomic mass is 32.2. The molecular formula is C30H23N3O7S2. The number of esters is 1. The second-order valence-electron chi connectivity index (χ2n) is 9.27. The Morgan fingerprint density at radius 2 is 1.71 bits per heavy atom. The molecule has 1 atom stereocenters. The molecule has 4 aromatic rings. The third-order valence-corrected chi connectivity index (χ3v) is 8.84. The summed E-state index contributed by atoms with van der Waals surface area (Å²) in [5.41, 5.74) is 2.03. The molecule has 1 unspecified atom stereocenters. The molecule has 12 heteroatoms. The first-order valence-corrected chi connectivity index (χ1v) is 14.6. The van der Waals surface area contributed by atoms with Crippen molar-refractivity contribution >= 4 is 51.6 Å². The summed E-state index contributed by atoms with van der Waals surface area (Å²) in [4.78, 5) is 40.3. The lowest BCUT2D eigenvalue weighted by Crippen LogP contribution is -2.29. The fraction of sp³-hybridized carbons (Fsp3) is 0.167. The number of carbonyl (C=O) groups is 3. The summed E-state index contributed by atoms with van der Waals surface area (Å²) in [6, 6.07) is 19.9. The number of aromatic nitrogens is 2. The number of ketones is 1. The van der Waals surface area contributed by atoms with Crippen LogP contribution in [0.4, 0.5) is 5.13 Å². The molecule has 0 bridgehead atoms. The lowest BCUT2D eigenvalue weighted by atomic mass is 9.94. The smallest absolute Gasteiger partial charge is 0.337 e. The average Bonchev–Trinajstić information content (AvgIpc) is 3.61. The Bertz CT molecular complexity index is 1700. The Kier molecular flexibility index (Phi) is 7.64. The molecule has 1 N–H and O–H groups in total. The number of amides is 1. The maximum Gasteiger partial charge on any atom is 0.337 e. The van der Waals surface area contributed by atoms with Crippen LogP contribution in [0.2, 0.25) is 0 Å². The van der Waals surface area contributed by atoms with Crippen molar-refractivity contribution in [2.45, 2.75) is 16.1 Å². The Morgan fingerprint density at radius 3 is 2.45 bits per heavy atom. The number of Topliss-reactive ketones (excluding diaryl/α,β-unsaturated/α-hetero) is 1. The number of carbonyl (C=O) groups excluding carboxylic acids is 3. The van der Waals surface area contributed by atoms with Crippen LogP contribution >= 0.6 is 23.1 Å². The van der Waals surface area contributed by atoms with Crippen molar-refractivity contribution in [1.29, 1.82) is 0 Å². The van der Waals surface area contributed by atoms with Crippen molar-refractivity contribution in [1.82, 2.24) is 10.2 Å². The van der Waals surface area contributed by atoms with Gasteiger partial charge in [-0.2, -0.15) is 0 Å². The summed E-state index contributed by atoms with van der Waals surface area (Å²) in [7, 11) is 1.28. The van der Waals surface area contributed by atoms with E-state index in [-0.39, 0.29) is 22.0 Å². The van der Waals surface area contributed by atoms with Crippen molar-refractivity contribution in [3.05, 3.63) is 101 Å². The highest BCUT2D eigenvalue weighted by molar-refractivity contribution is 8.00. The molecule has 0 radical (unpaired) electrons. The summed E-state index contributed by atoms with van der Waals surface area (Å²) in [5, 5.41) is 20.2. The van der Waals surface area contributed by atoms with Crippen LogP contribution in [0.15, 0.2) is 82.7 Å². The molecule has 42 heavy (non-hydrogen) atoms. The van der Waals surface area contributed by atoms with E-state index < -0.39 is 23.7 Å². The maximum absolute atomic E-state index is 13.5. The number of fused-ring (bicyclic) bond motifs is 1. The Morgan fingerprint density at radius 1 is 1.00 bits per heavy atom. The van der Waals surface area contributed by atoms with Gasteiger partial charge in [0.15, 0.2) is 15.8 Å². The van der Waals surface area contributed by atoms with Gasteiger partial charge in [0.2, 0.25) is 5.13 Å². The molecular weight excluding hydrogens is 578 g/mol. The van der Waals surface area contributed by atoms with E-state index in [1.165, 1.54) is 47.2 Å². The third kappa shape index (κ3) is 5.21.